The van der Waals surface area contributed by atoms with Crippen LogP contribution in [-0.2, 0) is 11.3 Å². The molecule has 0 fully saturated rings. The van der Waals surface area contributed by atoms with E-state index < -0.39 is 0 Å². The third kappa shape index (κ3) is 5.49. The number of hydrogen-bond acceptors (Lipinski definition) is 5. The average Bonchev–Trinajstić information content (AvgIpc) is 2.84. The molecule has 6 nitrogen and oxygen atoms in total. The van der Waals surface area contributed by atoms with Crippen molar-refractivity contribution >= 4 is 28.6 Å². The number of nitrogens with zero attached hydrogens (tertiary/aromatic N) is 3. The Balaban J connectivity index is 1.58. The summed E-state index contributed by atoms with van der Waals surface area (Å²) < 4.78 is 1.62. The molecule has 0 radical (unpaired) electrons. The molecule has 168 valence electrons. The minimum absolute atomic E-state index is 0.0820. The van der Waals surface area contributed by atoms with Gasteiger partial charge in [0.05, 0.1) is 29.2 Å². The molecule has 33 heavy (non-hydrogen) atoms. The summed E-state index contributed by atoms with van der Waals surface area (Å²) in [6, 6.07) is 20.9. The van der Waals surface area contributed by atoms with Gasteiger partial charge in [0, 0.05) is 12.4 Å². The van der Waals surface area contributed by atoms with Crippen LogP contribution in [0.3, 0.4) is 0 Å². The lowest BCUT2D eigenvalue weighted by atomic mass is 9.96. The third-order valence-electron chi connectivity index (χ3n) is 5.36. The van der Waals surface area contributed by atoms with Crippen molar-refractivity contribution in [1.29, 1.82) is 0 Å². The van der Waals surface area contributed by atoms with Crippen LogP contribution >= 0.6 is 11.8 Å². The van der Waals surface area contributed by atoms with Crippen LogP contribution in [0.25, 0.3) is 10.9 Å². The third-order valence-corrected chi connectivity index (χ3v) is 6.34. The molecule has 0 saturated heterocycles. The topological polar surface area (TPSA) is 76.9 Å². The number of carbonyl (C=O) groups is 1. The number of hydrogen-bond donors (Lipinski definition) is 1. The van der Waals surface area contributed by atoms with Crippen LogP contribution in [0, 0.1) is 5.92 Å². The monoisotopic (exact) mass is 458 g/mol. The van der Waals surface area contributed by atoms with Crippen molar-refractivity contribution in [2.24, 2.45) is 5.92 Å². The molecule has 7 heteroatoms. The SMILES string of the molecule is CC(C)C(NC(=O)CSc1nc2ccccc2c(=O)n1Cc1cccnc1)c1ccccc1. The van der Waals surface area contributed by atoms with Gasteiger partial charge >= 0.3 is 0 Å². The van der Waals surface area contributed by atoms with Crippen LogP contribution in [0.2, 0.25) is 0 Å². The number of pyridine rings is 1. The normalized spacial score (nSPS) is 12.1. The zero-order chi connectivity index (χ0) is 23.2. The van der Waals surface area contributed by atoms with Crippen molar-refractivity contribution in [3.8, 4) is 0 Å². The van der Waals surface area contributed by atoms with Gasteiger partial charge in [-0.1, -0.05) is 74.1 Å². The van der Waals surface area contributed by atoms with Gasteiger partial charge in [0.15, 0.2) is 5.16 Å². The van der Waals surface area contributed by atoms with Crippen molar-refractivity contribution in [1.82, 2.24) is 19.9 Å². The van der Waals surface area contributed by atoms with Gasteiger partial charge in [0.25, 0.3) is 5.56 Å². The van der Waals surface area contributed by atoms with E-state index in [0.29, 0.717) is 22.6 Å². The fraction of sp³-hybridized carbons (Fsp3) is 0.231. The minimum Gasteiger partial charge on any atom is -0.348 e. The van der Waals surface area contributed by atoms with Crippen LogP contribution in [0.1, 0.15) is 31.0 Å². The molecule has 0 aliphatic rings. The highest BCUT2D eigenvalue weighted by Gasteiger charge is 2.19. The molecule has 0 aliphatic heterocycles. The highest BCUT2D eigenvalue weighted by molar-refractivity contribution is 7.99. The number of thioether (sulfide) groups is 1. The lowest BCUT2D eigenvalue weighted by Crippen LogP contribution is -2.33. The fourth-order valence-corrected chi connectivity index (χ4v) is 4.52. The van der Waals surface area contributed by atoms with Crippen LogP contribution in [-0.4, -0.2) is 26.2 Å². The maximum atomic E-state index is 13.2. The summed E-state index contributed by atoms with van der Waals surface area (Å²) in [7, 11) is 0. The summed E-state index contributed by atoms with van der Waals surface area (Å²) in [5.74, 6) is 0.301. The zero-order valence-corrected chi connectivity index (χ0v) is 19.5. The second-order valence-corrected chi connectivity index (χ2v) is 9.10. The molecule has 0 bridgehead atoms. The molecular formula is C26H26N4O2S. The van der Waals surface area contributed by atoms with Gasteiger partial charge in [-0.05, 0) is 35.2 Å². The van der Waals surface area contributed by atoms with Gasteiger partial charge in [-0.15, -0.1) is 0 Å². The lowest BCUT2D eigenvalue weighted by Gasteiger charge is -2.23. The quantitative estimate of drug-likeness (QED) is 0.312. The predicted octanol–water partition coefficient (Wildman–Crippen LogP) is 4.45. The van der Waals surface area contributed by atoms with Crippen LogP contribution in [0.4, 0.5) is 0 Å². The number of amides is 1. The molecule has 2 heterocycles. The maximum absolute atomic E-state index is 13.2. The van der Waals surface area contributed by atoms with Gasteiger partial charge in [0.1, 0.15) is 0 Å². The van der Waals surface area contributed by atoms with Gasteiger partial charge in [0.2, 0.25) is 5.91 Å². The van der Waals surface area contributed by atoms with Crippen LogP contribution < -0.4 is 10.9 Å². The van der Waals surface area contributed by atoms with Crippen molar-refractivity contribution in [3.63, 3.8) is 0 Å². The van der Waals surface area contributed by atoms with E-state index in [4.69, 9.17) is 4.98 Å². The number of nitrogens with one attached hydrogen (secondary N) is 1. The number of benzene rings is 2. The Hall–Kier alpha value is -3.45. The highest BCUT2D eigenvalue weighted by atomic mass is 32.2. The summed E-state index contributed by atoms with van der Waals surface area (Å²) in [5.41, 5.74) is 2.46. The van der Waals surface area contributed by atoms with E-state index in [-0.39, 0.29) is 29.2 Å². The molecular weight excluding hydrogens is 432 g/mol. The van der Waals surface area contributed by atoms with Crippen molar-refractivity contribution in [2.75, 3.05) is 5.75 Å². The Morgan fingerprint density at radius 2 is 1.79 bits per heavy atom. The first-order valence-corrected chi connectivity index (χ1v) is 11.9. The average molecular weight is 459 g/mol. The number of fused-ring (bicyclic) bond motifs is 1. The zero-order valence-electron chi connectivity index (χ0n) is 18.6. The number of para-hydroxylation sites is 1. The highest BCUT2D eigenvalue weighted by Crippen LogP contribution is 2.23. The van der Waals surface area contributed by atoms with Gasteiger partial charge in [-0.3, -0.25) is 19.1 Å². The second-order valence-electron chi connectivity index (χ2n) is 8.15. The molecule has 1 unspecified atom stereocenters. The van der Waals surface area contributed by atoms with Gasteiger partial charge in [-0.2, -0.15) is 0 Å². The lowest BCUT2D eigenvalue weighted by molar-refractivity contribution is -0.119. The first-order valence-electron chi connectivity index (χ1n) is 10.9. The van der Waals surface area contributed by atoms with Gasteiger partial charge in [-0.25, -0.2) is 4.98 Å². The molecule has 0 spiro atoms. The largest absolute Gasteiger partial charge is 0.348 e. The first-order chi connectivity index (χ1) is 16.0. The number of aromatic nitrogens is 3. The van der Waals surface area contributed by atoms with E-state index in [1.54, 1.807) is 23.0 Å². The van der Waals surface area contributed by atoms with Crippen molar-refractivity contribution in [2.45, 2.75) is 31.6 Å². The number of rotatable bonds is 8. The molecule has 2 aromatic heterocycles. The predicted molar refractivity (Wildman–Crippen MR) is 132 cm³/mol. The molecule has 1 atom stereocenters. The van der Waals surface area contributed by atoms with Crippen LogP contribution in [0.5, 0.6) is 0 Å². The van der Waals surface area contributed by atoms with Crippen molar-refractivity contribution < 1.29 is 4.79 Å². The molecule has 1 N–H and O–H groups in total. The molecule has 4 rings (SSSR count). The second kappa shape index (κ2) is 10.4. The Kier molecular flexibility index (Phi) is 7.19. The minimum atomic E-state index is -0.128. The van der Waals surface area contributed by atoms with Crippen molar-refractivity contribution in [3.05, 3.63) is 101 Å². The summed E-state index contributed by atoms with van der Waals surface area (Å²) in [5, 5.41) is 4.21. The van der Waals surface area contributed by atoms with Crippen LogP contribution in [0.15, 0.2) is 89.1 Å². The standard InChI is InChI=1S/C26H26N4O2S/c1-18(2)24(20-10-4-3-5-11-20)29-23(31)17-33-26-28-22-13-7-6-12-21(22)25(32)30(26)16-19-9-8-14-27-15-19/h3-15,18,24H,16-17H2,1-2H3,(H,29,31). The molecule has 0 aliphatic carbocycles. The molecule has 1 amide bonds. The van der Waals surface area contributed by atoms with E-state index >= 15 is 0 Å². The molecule has 0 saturated carbocycles. The maximum Gasteiger partial charge on any atom is 0.262 e. The summed E-state index contributed by atoms with van der Waals surface area (Å²) in [6.45, 7) is 4.51. The first kappa shape index (κ1) is 22.7. The smallest absolute Gasteiger partial charge is 0.262 e. The Morgan fingerprint density at radius 1 is 1.03 bits per heavy atom. The Labute approximate surface area is 197 Å². The van der Waals surface area contributed by atoms with E-state index in [9.17, 15) is 9.59 Å². The number of carbonyl (C=O) groups excluding carboxylic acids is 1. The summed E-state index contributed by atoms with van der Waals surface area (Å²) >= 11 is 1.27. The van der Waals surface area contributed by atoms with E-state index in [0.717, 1.165) is 11.1 Å². The van der Waals surface area contributed by atoms with E-state index in [1.807, 2.05) is 60.7 Å². The fourth-order valence-electron chi connectivity index (χ4n) is 3.71. The molecule has 4 aromatic rings. The van der Waals surface area contributed by atoms with E-state index in [1.165, 1.54) is 11.8 Å². The van der Waals surface area contributed by atoms with E-state index in [2.05, 4.69) is 24.1 Å². The Bertz CT molecular complexity index is 1290. The summed E-state index contributed by atoms with van der Waals surface area (Å²) in [6.07, 6.45) is 3.43. The summed E-state index contributed by atoms with van der Waals surface area (Å²) in [4.78, 5) is 35.0. The van der Waals surface area contributed by atoms with Gasteiger partial charge < -0.3 is 5.32 Å². The molecule has 2 aromatic carbocycles. The Morgan fingerprint density at radius 3 is 2.52 bits per heavy atom.